The summed E-state index contributed by atoms with van der Waals surface area (Å²) in [5, 5.41) is 26.3. The third kappa shape index (κ3) is 4.51. The molecule has 1 aromatic heterocycles. The van der Waals surface area contributed by atoms with Gasteiger partial charge >= 0.3 is 0 Å². The highest BCUT2D eigenvalue weighted by Gasteiger charge is 2.11. The van der Waals surface area contributed by atoms with Crippen LogP contribution in [0.3, 0.4) is 0 Å². The lowest BCUT2D eigenvalue weighted by Crippen LogP contribution is -2.18. The molecule has 1 heterocycles. The Morgan fingerprint density at radius 3 is 2.44 bits per heavy atom. The van der Waals surface area contributed by atoms with Crippen molar-refractivity contribution in [1.29, 1.82) is 0 Å². The van der Waals surface area contributed by atoms with Crippen LogP contribution in [-0.4, -0.2) is 26.2 Å². The minimum atomic E-state index is -0.570. The number of non-ortho nitro benzene ring substituents is 1. The second kappa shape index (κ2) is 8.17. The molecule has 0 aliphatic heterocycles. The SMILES string of the molecule is O=C(NO)c1ccc(CNCc2nc(-c3ccc([N+](=O)[O-])cc3)no2)cc1. The molecular formula is C17H15N5O5. The Hall–Kier alpha value is -3.63. The van der Waals surface area contributed by atoms with Crippen LogP contribution in [0.4, 0.5) is 5.69 Å². The minimum absolute atomic E-state index is 0.00776. The van der Waals surface area contributed by atoms with Gasteiger partial charge in [-0.15, -0.1) is 0 Å². The van der Waals surface area contributed by atoms with E-state index in [1.807, 2.05) is 0 Å². The van der Waals surface area contributed by atoms with E-state index in [1.54, 1.807) is 41.9 Å². The van der Waals surface area contributed by atoms with E-state index in [-0.39, 0.29) is 5.69 Å². The van der Waals surface area contributed by atoms with Gasteiger partial charge in [0.2, 0.25) is 11.7 Å². The van der Waals surface area contributed by atoms with Gasteiger partial charge in [0.05, 0.1) is 11.5 Å². The first-order valence-electron chi connectivity index (χ1n) is 7.88. The first-order valence-corrected chi connectivity index (χ1v) is 7.88. The van der Waals surface area contributed by atoms with Crippen LogP contribution in [0.15, 0.2) is 53.1 Å². The molecular weight excluding hydrogens is 354 g/mol. The fourth-order valence-corrected chi connectivity index (χ4v) is 2.33. The summed E-state index contributed by atoms with van der Waals surface area (Å²) in [5.41, 5.74) is 3.47. The number of nitrogens with zero attached hydrogens (tertiary/aromatic N) is 3. The van der Waals surface area contributed by atoms with Gasteiger partial charge in [0.1, 0.15) is 0 Å². The predicted molar refractivity (Wildman–Crippen MR) is 92.6 cm³/mol. The fourth-order valence-electron chi connectivity index (χ4n) is 2.33. The van der Waals surface area contributed by atoms with Gasteiger partial charge in [-0.25, -0.2) is 5.48 Å². The van der Waals surface area contributed by atoms with Gasteiger partial charge in [0, 0.05) is 29.8 Å². The van der Waals surface area contributed by atoms with Crippen molar-refractivity contribution in [2.75, 3.05) is 0 Å². The summed E-state index contributed by atoms with van der Waals surface area (Å²) in [6.45, 7) is 0.842. The maximum absolute atomic E-state index is 11.3. The van der Waals surface area contributed by atoms with Crippen molar-refractivity contribution in [3.8, 4) is 11.4 Å². The van der Waals surface area contributed by atoms with Crippen molar-refractivity contribution in [3.63, 3.8) is 0 Å². The topological polar surface area (TPSA) is 143 Å². The van der Waals surface area contributed by atoms with Crippen LogP contribution in [0.2, 0.25) is 0 Å². The number of hydroxylamine groups is 1. The van der Waals surface area contributed by atoms with E-state index in [0.29, 0.717) is 35.9 Å². The average molecular weight is 369 g/mol. The molecule has 0 fully saturated rings. The Bertz CT molecular complexity index is 937. The number of nitro groups is 1. The molecule has 0 aliphatic rings. The Balaban J connectivity index is 1.55. The van der Waals surface area contributed by atoms with Gasteiger partial charge in [-0.2, -0.15) is 4.98 Å². The average Bonchev–Trinajstić information content (AvgIpc) is 3.17. The Labute approximate surface area is 152 Å². The molecule has 1 amide bonds. The van der Waals surface area contributed by atoms with Gasteiger partial charge < -0.3 is 9.84 Å². The molecule has 3 aromatic rings. The molecule has 3 rings (SSSR count). The van der Waals surface area contributed by atoms with Crippen LogP contribution in [0.5, 0.6) is 0 Å². The number of nitrogens with one attached hydrogen (secondary N) is 2. The summed E-state index contributed by atoms with van der Waals surface area (Å²) in [5.74, 6) is 0.153. The molecule has 10 nitrogen and oxygen atoms in total. The number of nitro benzene ring substituents is 1. The molecule has 138 valence electrons. The van der Waals surface area contributed by atoms with Crippen LogP contribution < -0.4 is 10.8 Å². The van der Waals surface area contributed by atoms with E-state index in [9.17, 15) is 14.9 Å². The van der Waals surface area contributed by atoms with Crippen LogP contribution >= 0.6 is 0 Å². The third-order valence-electron chi connectivity index (χ3n) is 3.73. The summed E-state index contributed by atoms with van der Waals surface area (Å²) in [7, 11) is 0. The quantitative estimate of drug-likeness (QED) is 0.326. The van der Waals surface area contributed by atoms with Crippen LogP contribution in [0, 0.1) is 10.1 Å². The lowest BCUT2D eigenvalue weighted by atomic mass is 10.1. The maximum Gasteiger partial charge on any atom is 0.274 e. The fraction of sp³-hybridized carbons (Fsp3) is 0.118. The van der Waals surface area contributed by atoms with E-state index < -0.39 is 10.8 Å². The lowest BCUT2D eigenvalue weighted by molar-refractivity contribution is -0.384. The maximum atomic E-state index is 11.3. The normalized spacial score (nSPS) is 10.6. The van der Waals surface area contributed by atoms with Crippen molar-refractivity contribution in [3.05, 3.63) is 75.7 Å². The van der Waals surface area contributed by atoms with Crippen molar-refractivity contribution in [2.24, 2.45) is 0 Å². The monoisotopic (exact) mass is 369 g/mol. The largest absolute Gasteiger partial charge is 0.338 e. The number of carbonyl (C=O) groups is 1. The first-order chi connectivity index (χ1) is 13.1. The molecule has 27 heavy (non-hydrogen) atoms. The van der Waals surface area contributed by atoms with Crippen LogP contribution in [0.1, 0.15) is 21.8 Å². The number of amides is 1. The molecule has 10 heteroatoms. The predicted octanol–water partition coefficient (Wildman–Crippen LogP) is 2.05. The standard InChI is InChI=1S/C17H15N5O5/c23-17(20-24)13-3-1-11(2-4-13)9-18-10-15-19-16(21-27-15)12-5-7-14(8-6-12)22(25)26/h1-8,18,24H,9-10H2,(H,20,23). The van der Waals surface area contributed by atoms with E-state index in [1.165, 1.54) is 12.1 Å². The number of benzene rings is 2. The molecule has 0 unspecified atom stereocenters. The van der Waals surface area contributed by atoms with Crippen LogP contribution in [0.25, 0.3) is 11.4 Å². The highest BCUT2D eigenvalue weighted by molar-refractivity contribution is 5.93. The van der Waals surface area contributed by atoms with Crippen LogP contribution in [-0.2, 0) is 13.1 Å². The van der Waals surface area contributed by atoms with Gasteiger partial charge in [0.15, 0.2) is 0 Å². The third-order valence-corrected chi connectivity index (χ3v) is 3.73. The molecule has 0 atom stereocenters. The minimum Gasteiger partial charge on any atom is -0.338 e. The number of rotatable bonds is 7. The van der Waals surface area contributed by atoms with Crippen molar-refractivity contribution < 1.29 is 19.4 Å². The Morgan fingerprint density at radius 2 is 1.81 bits per heavy atom. The lowest BCUT2D eigenvalue weighted by Gasteiger charge is -2.03. The van der Waals surface area contributed by atoms with E-state index in [4.69, 9.17) is 9.73 Å². The second-order valence-corrected chi connectivity index (χ2v) is 5.56. The molecule has 0 radical (unpaired) electrons. The molecule has 3 N–H and O–H groups in total. The summed E-state index contributed by atoms with van der Waals surface area (Å²) >= 11 is 0. The zero-order chi connectivity index (χ0) is 19.2. The Kier molecular flexibility index (Phi) is 5.50. The summed E-state index contributed by atoms with van der Waals surface area (Å²) in [6, 6.07) is 12.6. The van der Waals surface area contributed by atoms with Crippen molar-refractivity contribution in [1.82, 2.24) is 20.9 Å². The number of hydrogen-bond donors (Lipinski definition) is 3. The molecule has 0 spiro atoms. The summed E-state index contributed by atoms with van der Waals surface area (Å²) in [4.78, 5) is 25.7. The second-order valence-electron chi connectivity index (χ2n) is 5.56. The van der Waals surface area contributed by atoms with Crippen molar-refractivity contribution >= 4 is 11.6 Å². The molecule has 0 bridgehead atoms. The molecule has 0 saturated heterocycles. The molecule has 0 aliphatic carbocycles. The van der Waals surface area contributed by atoms with Gasteiger partial charge in [-0.1, -0.05) is 17.3 Å². The highest BCUT2D eigenvalue weighted by atomic mass is 16.6. The number of carbonyl (C=O) groups excluding carboxylic acids is 1. The van der Waals surface area contributed by atoms with E-state index >= 15 is 0 Å². The highest BCUT2D eigenvalue weighted by Crippen LogP contribution is 2.19. The zero-order valence-electron chi connectivity index (χ0n) is 14.0. The molecule has 2 aromatic carbocycles. The summed E-state index contributed by atoms with van der Waals surface area (Å²) in [6.07, 6.45) is 0. The van der Waals surface area contributed by atoms with Gasteiger partial charge in [-0.3, -0.25) is 20.1 Å². The van der Waals surface area contributed by atoms with E-state index in [2.05, 4.69) is 15.5 Å². The smallest absolute Gasteiger partial charge is 0.274 e. The van der Waals surface area contributed by atoms with E-state index in [0.717, 1.165) is 5.56 Å². The summed E-state index contributed by atoms with van der Waals surface area (Å²) < 4.78 is 5.16. The van der Waals surface area contributed by atoms with Crippen molar-refractivity contribution in [2.45, 2.75) is 13.1 Å². The van der Waals surface area contributed by atoms with Gasteiger partial charge in [0.25, 0.3) is 11.6 Å². The number of aromatic nitrogens is 2. The molecule has 0 saturated carbocycles. The number of hydrogen-bond acceptors (Lipinski definition) is 8. The zero-order valence-corrected chi connectivity index (χ0v) is 14.0. The van der Waals surface area contributed by atoms with Gasteiger partial charge in [-0.05, 0) is 29.8 Å². The Morgan fingerprint density at radius 1 is 1.11 bits per heavy atom. The first kappa shape index (κ1) is 18.2.